The van der Waals surface area contributed by atoms with Crippen molar-refractivity contribution in [1.29, 1.82) is 0 Å². The largest absolute Gasteiger partial charge is 0.229 e. The molecule has 1 fully saturated rings. The van der Waals surface area contributed by atoms with E-state index in [0.717, 1.165) is 25.7 Å². The summed E-state index contributed by atoms with van der Waals surface area (Å²) in [5.41, 5.74) is 0. The zero-order valence-corrected chi connectivity index (χ0v) is 10.1. The van der Waals surface area contributed by atoms with Crippen molar-refractivity contribution in [2.45, 2.75) is 38.5 Å². The summed E-state index contributed by atoms with van der Waals surface area (Å²) in [7, 11) is -2.80. The molecule has 1 aliphatic rings. The summed E-state index contributed by atoms with van der Waals surface area (Å²) in [4.78, 5) is 0. The topological polar surface area (TPSA) is 34.1 Å². The summed E-state index contributed by atoms with van der Waals surface area (Å²) >= 11 is 5.51. The Labute approximate surface area is 91.9 Å². The average Bonchev–Trinajstić information content (AvgIpc) is 2.56. The Morgan fingerprint density at radius 1 is 1.14 bits per heavy atom. The Balaban J connectivity index is 2.26. The van der Waals surface area contributed by atoms with Gasteiger partial charge in [0.25, 0.3) is 0 Å². The highest BCUT2D eigenvalue weighted by molar-refractivity contribution is 7.91. The Morgan fingerprint density at radius 2 is 1.79 bits per heavy atom. The van der Waals surface area contributed by atoms with Gasteiger partial charge in [0.15, 0.2) is 9.84 Å². The quantitative estimate of drug-likeness (QED) is 0.527. The van der Waals surface area contributed by atoms with Crippen molar-refractivity contribution in [2.24, 2.45) is 5.92 Å². The van der Waals surface area contributed by atoms with Crippen LogP contribution in [0.25, 0.3) is 0 Å². The monoisotopic (exact) mass is 238 g/mol. The van der Waals surface area contributed by atoms with Crippen molar-refractivity contribution in [1.82, 2.24) is 0 Å². The fourth-order valence-corrected chi connectivity index (χ4v) is 4.09. The minimum atomic E-state index is -2.80. The lowest BCUT2D eigenvalue weighted by Crippen LogP contribution is -2.17. The first kappa shape index (κ1) is 12.3. The first-order valence-corrected chi connectivity index (χ1v) is 7.76. The number of hydrogen-bond donors (Lipinski definition) is 0. The van der Waals surface area contributed by atoms with Gasteiger partial charge in [-0.15, -0.1) is 11.6 Å². The van der Waals surface area contributed by atoms with Crippen LogP contribution in [-0.2, 0) is 9.84 Å². The van der Waals surface area contributed by atoms with E-state index >= 15 is 0 Å². The van der Waals surface area contributed by atoms with E-state index in [1.165, 1.54) is 12.8 Å². The minimum absolute atomic E-state index is 0.330. The van der Waals surface area contributed by atoms with Crippen LogP contribution in [0.15, 0.2) is 0 Å². The van der Waals surface area contributed by atoms with E-state index in [2.05, 4.69) is 0 Å². The highest BCUT2D eigenvalue weighted by Crippen LogP contribution is 2.26. The average molecular weight is 239 g/mol. The predicted molar refractivity (Wildman–Crippen MR) is 60.6 cm³/mol. The maximum atomic E-state index is 11.6. The molecule has 0 amide bonds. The van der Waals surface area contributed by atoms with Crippen molar-refractivity contribution in [3.63, 3.8) is 0 Å². The Morgan fingerprint density at radius 3 is 2.36 bits per heavy atom. The van der Waals surface area contributed by atoms with E-state index in [1.807, 2.05) is 0 Å². The first-order chi connectivity index (χ1) is 6.64. The molecular formula is C10H19ClO2S. The van der Waals surface area contributed by atoms with E-state index in [9.17, 15) is 8.42 Å². The van der Waals surface area contributed by atoms with E-state index in [1.54, 1.807) is 0 Å². The fraction of sp³-hybridized carbons (Fsp3) is 1.00. The molecule has 0 unspecified atom stereocenters. The molecule has 84 valence electrons. The van der Waals surface area contributed by atoms with Crippen LogP contribution in [0, 0.1) is 5.92 Å². The summed E-state index contributed by atoms with van der Waals surface area (Å²) in [6, 6.07) is 0. The normalized spacial score (nSPS) is 18.9. The maximum Gasteiger partial charge on any atom is 0.150 e. The predicted octanol–water partition coefficient (Wildman–Crippen LogP) is 2.61. The third-order valence-electron chi connectivity index (χ3n) is 2.80. The molecule has 14 heavy (non-hydrogen) atoms. The highest BCUT2D eigenvalue weighted by atomic mass is 35.5. The first-order valence-electron chi connectivity index (χ1n) is 5.40. The van der Waals surface area contributed by atoms with Gasteiger partial charge < -0.3 is 0 Å². The second-order valence-electron chi connectivity index (χ2n) is 4.16. The lowest BCUT2D eigenvalue weighted by Gasteiger charge is -2.09. The molecule has 1 saturated carbocycles. The van der Waals surface area contributed by atoms with E-state index in [4.69, 9.17) is 11.6 Å². The van der Waals surface area contributed by atoms with Gasteiger partial charge in [0.1, 0.15) is 0 Å². The van der Waals surface area contributed by atoms with E-state index < -0.39 is 9.84 Å². The second kappa shape index (κ2) is 5.96. The second-order valence-corrected chi connectivity index (χ2v) is 6.77. The van der Waals surface area contributed by atoms with Crippen LogP contribution in [0.1, 0.15) is 38.5 Å². The molecule has 0 bridgehead atoms. The van der Waals surface area contributed by atoms with Gasteiger partial charge in [0.2, 0.25) is 0 Å². The van der Waals surface area contributed by atoms with Crippen molar-refractivity contribution < 1.29 is 8.42 Å². The van der Waals surface area contributed by atoms with Gasteiger partial charge in [-0.3, -0.25) is 0 Å². The van der Waals surface area contributed by atoms with Crippen molar-refractivity contribution in [3.8, 4) is 0 Å². The molecule has 0 aromatic carbocycles. The van der Waals surface area contributed by atoms with Gasteiger partial charge in [-0.05, 0) is 31.6 Å². The number of rotatable bonds is 6. The van der Waals surface area contributed by atoms with E-state index in [-0.39, 0.29) is 0 Å². The van der Waals surface area contributed by atoms with Gasteiger partial charge in [-0.2, -0.15) is 0 Å². The highest BCUT2D eigenvalue weighted by Gasteiger charge is 2.21. The molecule has 1 aliphatic carbocycles. The molecule has 0 aromatic rings. The summed E-state index contributed by atoms with van der Waals surface area (Å²) in [6.45, 7) is 0. The fourth-order valence-electron chi connectivity index (χ4n) is 2.04. The van der Waals surface area contributed by atoms with Gasteiger partial charge in [0, 0.05) is 5.88 Å². The van der Waals surface area contributed by atoms with Gasteiger partial charge in [-0.1, -0.05) is 12.8 Å². The number of alkyl halides is 1. The molecular weight excluding hydrogens is 220 g/mol. The molecule has 0 atom stereocenters. The third kappa shape index (κ3) is 4.65. The number of unbranched alkanes of at least 4 members (excludes halogenated alkanes) is 1. The third-order valence-corrected chi connectivity index (χ3v) is 4.96. The van der Waals surface area contributed by atoms with Crippen LogP contribution in [0.3, 0.4) is 0 Å². The number of halogens is 1. The maximum absolute atomic E-state index is 11.6. The molecule has 0 aromatic heterocycles. The number of sulfone groups is 1. The van der Waals surface area contributed by atoms with Crippen LogP contribution in [0.5, 0.6) is 0 Å². The van der Waals surface area contributed by atoms with E-state index in [0.29, 0.717) is 23.3 Å². The summed E-state index contributed by atoms with van der Waals surface area (Å²) < 4.78 is 23.2. The molecule has 0 spiro atoms. The van der Waals surface area contributed by atoms with Crippen LogP contribution < -0.4 is 0 Å². The zero-order chi connectivity index (χ0) is 10.4. The van der Waals surface area contributed by atoms with Crippen LogP contribution in [0.4, 0.5) is 0 Å². The van der Waals surface area contributed by atoms with Gasteiger partial charge in [-0.25, -0.2) is 8.42 Å². The summed E-state index contributed by atoms with van der Waals surface area (Å²) in [6.07, 6.45) is 6.16. The van der Waals surface area contributed by atoms with Crippen LogP contribution in [0.2, 0.25) is 0 Å². The van der Waals surface area contributed by atoms with Crippen LogP contribution >= 0.6 is 11.6 Å². The van der Waals surface area contributed by atoms with Crippen molar-refractivity contribution >= 4 is 21.4 Å². The molecule has 0 aliphatic heterocycles. The summed E-state index contributed by atoms with van der Waals surface area (Å²) in [5, 5.41) is 0. The minimum Gasteiger partial charge on any atom is -0.229 e. The van der Waals surface area contributed by atoms with Gasteiger partial charge in [0.05, 0.1) is 11.5 Å². The summed E-state index contributed by atoms with van der Waals surface area (Å²) in [5.74, 6) is 1.75. The Bertz CT molecular complexity index is 243. The SMILES string of the molecule is O=S(=O)(CCCCCl)CC1CCCC1. The Kier molecular flexibility index (Phi) is 5.24. The standard InChI is InChI=1S/C10H19ClO2S/c11-7-3-4-8-14(12,13)9-10-5-1-2-6-10/h10H,1-9H2. The molecule has 1 rings (SSSR count). The molecule has 4 heteroatoms. The molecule has 0 radical (unpaired) electrons. The Hall–Kier alpha value is 0.240. The number of hydrogen-bond acceptors (Lipinski definition) is 2. The molecule has 0 heterocycles. The van der Waals surface area contributed by atoms with Crippen molar-refractivity contribution in [2.75, 3.05) is 17.4 Å². The molecule has 0 N–H and O–H groups in total. The lowest BCUT2D eigenvalue weighted by molar-refractivity contribution is 0.556. The lowest BCUT2D eigenvalue weighted by atomic mass is 10.1. The smallest absolute Gasteiger partial charge is 0.150 e. The van der Waals surface area contributed by atoms with Crippen molar-refractivity contribution in [3.05, 3.63) is 0 Å². The van der Waals surface area contributed by atoms with Crippen LogP contribution in [-0.4, -0.2) is 25.8 Å². The van der Waals surface area contributed by atoms with Gasteiger partial charge >= 0.3 is 0 Å². The zero-order valence-electron chi connectivity index (χ0n) is 8.54. The molecule has 0 saturated heterocycles. The molecule has 2 nitrogen and oxygen atoms in total.